The van der Waals surface area contributed by atoms with Gasteiger partial charge in [0.1, 0.15) is 4.32 Å². The number of nitrogens with zero attached hydrogens (tertiary/aromatic N) is 1. The van der Waals surface area contributed by atoms with E-state index in [0.717, 1.165) is 10.0 Å². The summed E-state index contributed by atoms with van der Waals surface area (Å²) in [6.07, 6.45) is 1.73. The maximum absolute atomic E-state index is 12.6. The second-order valence-electron chi connectivity index (χ2n) is 6.12. The fourth-order valence-electron chi connectivity index (χ4n) is 2.56. The van der Waals surface area contributed by atoms with Crippen LogP contribution >= 0.6 is 51.5 Å². The Balaban J connectivity index is 1.53. The van der Waals surface area contributed by atoms with E-state index in [-0.39, 0.29) is 29.5 Å². The van der Waals surface area contributed by atoms with Gasteiger partial charge in [-0.25, -0.2) is 0 Å². The Hall–Kier alpha value is -2.20. The maximum atomic E-state index is 12.6. The number of hydrazine groups is 1. The number of amides is 3. The van der Waals surface area contributed by atoms with Gasteiger partial charge in [0, 0.05) is 17.4 Å². The van der Waals surface area contributed by atoms with Gasteiger partial charge < -0.3 is 0 Å². The highest BCUT2D eigenvalue weighted by molar-refractivity contribution is 9.10. The number of nitrogens with one attached hydrogen (secondary N) is 2. The number of hydrogen-bond acceptors (Lipinski definition) is 5. The van der Waals surface area contributed by atoms with Crippen molar-refractivity contribution in [3.8, 4) is 0 Å². The van der Waals surface area contributed by atoms with Crippen LogP contribution < -0.4 is 10.9 Å². The lowest BCUT2D eigenvalue weighted by atomic mass is 10.2. The molecule has 10 heteroatoms. The van der Waals surface area contributed by atoms with Gasteiger partial charge in [-0.1, -0.05) is 75.8 Å². The number of rotatable bonds is 5. The van der Waals surface area contributed by atoms with E-state index in [0.29, 0.717) is 9.23 Å². The lowest BCUT2D eigenvalue weighted by molar-refractivity contribution is -0.124. The monoisotopic (exact) mass is 523 g/mol. The zero-order chi connectivity index (χ0) is 21.7. The van der Waals surface area contributed by atoms with Crippen molar-refractivity contribution in [1.29, 1.82) is 0 Å². The number of halogens is 2. The summed E-state index contributed by atoms with van der Waals surface area (Å²) >= 11 is 15.8. The van der Waals surface area contributed by atoms with Gasteiger partial charge in [0.15, 0.2) is 0 Å². The van der Waals surface area contributed by atoms with E-state index in [4.69, 9.17) is 23.8 Å². The molecule has 2 aromatic carbocycles. The first-order chi connectivity index (χ1) is 14.3. The molecule has 0 spiro atoms. The molecule has 1 heterocycles. The number of thiocarbonyl (C=S) groups is 1. The van der Waals surface area contributed by atoms with Crippen LogP contribution in [0.5, 0.6) is 0 Å². The van der Waals surface area contributed by atoms with Crippen LogP contribution in [0.25, 0.3) is 6.08 Å². The Morgan fingerprint density at radius 1 is 1.17 bits per heavy atom. The number of carbonyl (C=O) groups is 3. The minimum atomic E-state index is -0.531. The molecule has 30 heavy (non-hydrogen) atoms. The molecule has 0 unspecified atom stereocenters. The topological polar surface area (TPSA) is 78.5 Å². The van der Waals surface area contributed by atoms with E-state index in [1.54, 1.807) is 30.3 Å². The van der Waals surface area contributed by atoms with Crippen LogP contribution in [-0.4, -0.2) is 33.5 Å². The molecule has 0 aliphatic carbocycles. The molecule has 1 aliphatic rings. The minimum absolute atomic E-state index is 0.0284. The predicted molar refractivity (Wildman–Crippen MR) is 126 cm³/mol. The first kappa shape index (κ1) is 22.5. The van der Waals surface area contributed by atoms with Crippen molar-refractivity contribution in [3.05, 3.63) is 74.1 Å². The number of benzene rings is 2. The van der Waals surface area contributed by atoms with Crippen molar-refractivity contribution in [1.82, 2.24) is 15.8 Å². The van der Waals surface area contributed by atoms with Crippen molar-refractivity contribution >= 4 is 79.6 Å². The van der Waals surface area contributed by atoms with Gasteiger partial charge in [-0.2, -0.15) is 0 Å². The lowest BCUT2D eigenvalue weighted by Crippen LogP contribution is -2.43. The summed E-state index contributed by atoms with van der Waals surface area (Å²) in [5.41, 5.74) is 5.73. The molecule has 1 saturated heterocycles. The first-order valence-electron chi connectivity index (χ1n) is 8.70. The summed E-state index contributed by atoms with van der Waals surface area (Å²) in [7, 11) is 0. The Morgan fingerprint density at radius 2 is 1.93 bits per heavy atom. The third-order valence-electron chi connectivity index (χ3n) is 4.02. The number of carbonyl (C=O) groups excluding carboxylic acids is 3. The summed E-state index contributed by atoms with van der Waals surface area (Å²) in [4.78, 5) is 38.6. The molecule has 1 aliphatic heterocycles. The van der Waals surface area contributed by atoms with E-state index in [2.05, 4.69) is 26.8 Å². The molecule has 0 bridgehead atoms. The second-order valence-corrected chi connectivity index (χ2v) is 9.12. The SMILES string of the molecule is O=C(CCN1C(=O)C(=Cc2cccc(Br)c2)SC1=S)NNC(=O)c1ccccc1Cl. The van der Waals surface area contributed by atoms with Crippen molar-refractivity contribution < 1.29 is 14.4 Å². The molecular weight excluding hydrogens is 510 g/mol. The summed E-state index contributed by atoms with van der Waals surface area (Å²) in [6, 6.07) is 14.0. The van der Waals surface area contributed by atoms with Crippen LogP contribution in [0, 0.1) is 0 Å². The maximum Gasteiger partial charge on any atom is 0.271 e. The van der Waals surface area contributed by atoms with Gasteiger partial charge >= 0.3 is 0 Å². The van der Waals surface area contributed by atoms with Gasteiger partial charge in [-0.15, -0.1) is 0 Å². The minimum Gasteiger partial charge on any atom is -0.292 e. The average Bonchev–Trinajstić information content (AvgIpc) is 2.97. The van der Waals surface area contributed by atoms with Crippen molar-refractivity contribution in [2.45, 2.75) is 6.42 Å². The number of hydrogen-bond donors (Lipinski definition) is 2. The molecule has 3 amide bonds. The van der Waals surface area contributed by atoms with Gasteiger partial charge in [-0.05, 0) is 35.9 Å². The molecule has 0 atom stereocenters. The number of thioether (sulfide) groups is 1. The highest BCUT2D eigenvalue weighted by Crippen LogP contribution is 2.32. The third kappa shape index (κ3) is 5.69. The Morgan fingerprint density at radius 3 is 2.67 bits per heavy atom. The fraction of sp³-hybridized carbons (Fsp3) is 0.100. The van der Waals surface area contributed by atoms with Crippen molar-refractivity contribution in [3.63, 3.8) is 0 Å². The molecule has 1 fully saturated rings. The first-order valence-corrected chi connectivity index (χ1v) is 11.1. The summed E-state index contributed by atoms with van der Waals surface area (Å²) in [5, 5.41) is 0.277. The molecule has 154 valence electrons. The smallest absolute Gasteiger partial charge is 0.271 e. The summed E-state index contributed by atoms with van der Waals surface area (Å²) in [5.74, 6) is -1.24. The van der Waals surface area contributed by atoms with Gasteiger partial charge in [0.05, 0.1) is 15.5 Å². The highest BCUT2D eigenvalue weighted by Gasteiger charge is 2.32. The van der Waals surface area contributed by atoms with Crippen LogP contribution in [0.2, 0.25) is 5.02 Å². The quantitative estimate of drug-likeness (QED) is 0.349. The Labute approximate surface area is 196 Å². The van der Waals surface area contributed by atoms with Gasteiger partial charge in [0.25, 0.3) is 11.8 Å². The van der Waals surface area contributed by atoms with E-state index in [1.165, 1.54) is 16.7 Å². The van der Waals surface area contributed by atoms with Crippen LogP contribution in [0.15, 0.2) is 57.9 Å². The standard InChI is InChI=1S/C20H15BrClN3O3S2/c21-13-5-3-4-12(10-13)11-16-19(28)25(20(29)30-16)9-8-17(26)23-24-18(27)14-6-1-2-7-15(14)22/h1-7,10-11H,8-9H2,(H,23,26)(H,24,27). The molecule has 0 aromatic heterocycles. The Kier molecular flexibility index (Phi) is 7.65. The van der Waals surface area contributed by atoms with Crippen molar-refractivity contribution in [2.24, 2.45) is 0 Å². The summed E-state index contributed by atoms with van der Waals surface area (Å²) < 4.78 is 1.29. The third-order valence-corrected chi connectivity index (χ3v) is 6.22. The molecule has 0 radical (unpaired) electrons. The molecule has 6 nitrogen and oxygen atoms in total. The normalized spacial score (nSPS) is 14.9. The van der Waals surface area contributed by atoms with E-state index < -0.39 is 11.8 Å². The second kappa shape index (κ2) is 10.2. The van der Waals surface area contributed by atoms with Crippen LogP contribution in [0.3, 0.4) is 0 Å². The van der Waals surface area contributed by atoms with Crippen LogP contribution in [-0.2, 0) is 9.59 Å². The molecular formula is C20H15BrClN3O3S2. The fourth-order valence-corrected chi connectivity index (χ4v) is 4.50. The highest BCUT2D eigenvalue weighted by atomic mass is 79.9. The molecule has 0 saturated carbocycles. The Bertz CT molecular complexity index is 1060. The van der Waals surface area contributed by atoms with E-state index >= 15 is 0 Å². The zero-order valence-corrected chi connectivity index (χ0v) is 19.3. The van der Waals surface area contributed by atoms with Crippen LogP contribution in [0.1, 0.15) is 22.3 Å². The van der Waals surface area contributed by atoms with Gasteiger partial charge in [-0.3, -0.25) is 30.1 Å². The largest absolute Gasteiger partial charge is 0.292 e. The van der Waals surface area contributed by atoms with E-state index in [9.17, 15) is 14.4 Å². The van der Waals surface area contributed by atoms with E-state index in [1.807, 2.05) is 24.3 Å². The van der Waals surface area contributed by atoms with Crippen LogP contribution in [0.4, 0.5) is 0 Å². The average molecular weight is 525 g/mol. The molecule has 2 aromatic rings. The predicted octanol–water partition coefficient (Wildman–Crippen LogP) is 4.16. The summed E-state index contributed by atoms with van der Waals surface area (Å²) in [6.45, 7) is 0.105. The van der Waals surface area contributed by atoms with Crippen molar-refractivity contribution in [2.75, 3.05) is 6.54 Å². The molecule has 3 rings (SSSR count). The van der Waals surface area contributed by atoms with Gasteiger partial charge in [0.2, 0.25) is 5.91 Å². The lowest BCUT2D eigenvalue weighted by Gasteiger charge is -2.14. The zero-order valence-electron chi connectivity index (χ0n) is 15.4. The molecule has 2 N–H and O–H groups in total.